The van der Waals surface area contributed by atoms with E-state index < -0.39 is 33.9 Å². The van der Waals surface area contributed by atoms with Crippen LogP contribution in [0.4, 0.5) is 0 Å². The Kier molecular flexibility index (Phi) is 19.9. The van der Waals surface area contributed by atoms with Crippen molar-refractivity contribution in [3.8, 4) is 0 Å². The molecule has 1 saturated heterocycles. The lowest BCUT2D eigenvalue weighted by molar-refractivity contribution is -0.168. The number of aliphatic hydroxyl groups excluding tert-OH is 1. The third kappa shape index (κ3) is 13.0. The summed E-state index contributed by atoms with van der Waals surface area (Å²) in [7, 11) is -5.95. The van der Waals surface area contributed by atoms with Gasteiger partial charge in [0, 0.05) is 31.8 Å². The highest BCUT2D eigenvalue weighted by Gasteiger charge is 2.53. The zero-order chi connectivity index (χ0) is 46.0. The Morgan fingerprint density at radius 1 is 0.594 bits per heavy atom. The number of unbranched alkanes of at least 4 members (excludes halogenated alkanes) is 8. The number of benzene rings is 4. The minimum atomic E-state index is -3.04. The average Bonchev–Trinajstić information content (AvgIpc) is 3.76. The molecule has 1 heterocycles. The predicted octanol–water partition coefficient (Wildman–Crippen LogP) is 10.9. The molecule has 4 aromatic rings. The lowest BCUT2D eigenvalue weighted by Gasteiger charge is -2.46. The Hall–Kier alpha value is -3.19. The van der Waals surface area contributed by atoms with Crippen molar-refractivity contribution in [1.82, 2.24) is 0 Å². The van der Waals surface area contributed by atoms with Gasteiger partial charge in [-0.3, -0.25) is 0 Å². The summed E-state index contributed by atoms with van der Waals surface area (Å²) in [6, 6.07) is 42.4. The summed E-state index contributed by atoms with van der Waals surface area (Å²) in [5.41, 5.74) is -1.45. The Morgan fingerprint density at radius 3 is 1.42 bits per heavy atom. The van der Waals surface area contributed by atoms with Crippen molar-refractivity contribution in [1.29, 1.82) is 0 Å². The predicted molar refractivity (Wildman–Crippen MR) is 272 cm³/mol. The second-order valence-electron chi connectivity index (χ2n) is 20.3. The van der Waals surface area contributed by atoms with Crippen molar-refractivity contribution in [2.45, 2.75) is 153 Å². The smallest absolute Gasteiger partial charge is 0.261 e. The molecule has 8 heteroatoms. The third-order valence-corrected chi connectivity index (χ3v) is 23.7. The summed E-state index contributed by atoms with van der Waals surface area (Å²) in [5.74, 6) is -1.04. The van der Waals surface area contributed by atoms with Crippen LogP contribution in [0.5, 0.6) is 0 Å². The van der Waals surface area contributed by atoms with Gasteiger partial charge in [-0.1, -0.05) is 220 Å². The topological polar surface area (TPSA) is 77.4 Å². The fourth-order valence-electron chi connectivity index (χ4n) is 10.1. The van der Waals surface area contributed by atoms with Gasteiger partial charge in [-0.15, -0.1) is 0 Å². The van der Waals surface area contributed by atoms with Crippen LogP contribution in [0.3, 0.4) is 0 Å². The first-order chi connectivity index (χ1) is 30.8. The van der Waals surface area contributed by atoms with Crippen LogP contribution in [0.2, 0.25) is 10.1 Å². The van der Waals surface area contributed by atoms with Crippen molar-refractivity contribution in [2.75, 3.05) is 33.0 Å². The molecule has 0 spiro atoms. The molecule has 0 unspecified atom stereocenters. The largest absolute Gasteiger partial charge is 0.407 e. The van der Waals surface area contributed by atoms with Gasteiger partial charge in [0.15, 0.2) is 5.79 Å². The zero-order valence-electron chi connectivity index (χ0n) is 40.5. The van der Waals surface area contributed by atoms with Crippen molar-refractivity contribution in [2.24, 2.45) is 5.92 Å². The van der Waals surface area contributed by atoms with Gasteiger partial charge in [0.05, 0.1) is 32.0 Å². The Morgan fingerprint density at radius 2 is 1.00 bits per heavy atom. The lowest BCUT2D eigenvalue weighted by atomic mass is 9.85. The summed E-state index contributed by atoms with van der Waals surface area (Å²) < 4.78 is 27.4. The highest BCUT2D eigenvalue weighted by molar-refractivity contribution is 7.00. The first-order valence-electron chi connectivity index (χ1n) is 24.5. The summed E-state index contributed by atoms with van der Waals surface area (Å²) in [6.07, 6.45) is 18.0. The van der Waals surface area contributed by atoms with E-state index in [0.29, 0.717) is 19.8 Å². The van der Waals surface area contributed by atoms with E-state index in [1.165, 1.54) is 48.9 Å². The van der Waals surface area contributed by atoms with Crippen LogP contribution in [0.15, 0.2) is 133 Å². The van der Waals surface area contributed by atoms with Gasteiger partial charge >= 0.3 is 0 Å². The maximum absolute atomic E-state index is 13.3. The monoisotopic (exact) mass is 907 g/mol. The molecule has 350 valence electrons. The van der Waals surface area contributed by atoms with Gasteiger partial charge in [-0.25, -0.2) is 0 Å². The van der Waals surface area contributed by atoms with E-state index in [2.05, 4.69) is 164 Å². The molecule has 0 amide bonds. The van der Waals surface area contributed by atoms with Crippen LogP contribution in [0, 0.1) is 5.92 Å². The van der Waals surface area contributed by atoms with E-state index in [1.807, 2.05) is 18.2 Å². The van der Waals surface area contributed by atoms with Crippen LogP contribution in [-0.4, -0.2) is 71.3 Å². The molecule has 0 radical (unpaired) electrons. The quantitative estimate of drug-likeness (QED) is 0.0353. The van der Waals surface area contributed by atoms with Gasteiger partial charge in [-0.2, -0.15) is 0 Å². The molecule has 0 aliphatic carbocycles. The minimum Gasteiger partial charge on any atom is -0.407 e. The molecule has 1 aliphatic heterocycles. The highest BCUT2D eigenvalue weighted by atomic mass is 28.4. The zero-order valence-corrected chi connectivity index (χ0v) is 42.5. The second kappa shape index (κ2) is 24.5. The van der Waals surface area contributed by atoms with Crippen molar-refractivity contribution >= 4 is 37.4 Å². The van der Waals surface area contributed by atoms with Crippen molar-refractivity contribution in [3.05, 3.63) is 133 Å². The third-order valence-electron chi connectivity index (χ3n) is 13.6. The van der Waals surface area contributed by atoms with Gasteiger partial charge in [-0.05, 0) is 56.5 Å². The van der Waals surface area contributed by atoms with Crippen LogP contribution in [-0.2, 0) is 18.3 Å². The van der Waals surface area contributed by atoms with E-state index >= 15 is 0 Å². The maximum Gasteiger partial charge on any atom is 0.261 e. The molecule has 0 bridgehead atoms. The molecule has 0 aromatic heterocycles. The Labute approximate surface area is 390 Å². The molecular formula is C56H82O6Si2. The molecule has 64 heavy (non-hydrogen) atoms. The van der Waals surface area contributed by atoms with Gasteiger partial charge in [0.1, 0.15) is 0 Å². The Bertz CT molecular complexity index is 1830. The summed E-state index contributed by atoms with van der Waals surface area (Å²) in [6.45, 7) is 17.3. The molecule has 5 rings (SSSR count). The number of hydrogen-bond acceptors (Lipinski definition) is 6. The number of allylic oxidation sites excluding steroid dienone is 1. The molecule has 2 N–H and O–H groups in total. The number of hydrogen-bond donors (Lipinski definition) is 2. The first-order valence-corrected chi connectivity index (χ1v) is 28.4. The maximum atomic E-state index is 13.3. The van der Waals surface area contributed by atoms with Crippen LogP contribution in [0.25, 0.3) is 0 Å². The van der Waals surface area contributed by atoms with Crippen LogP contribution in [0.1, 0.15) is 132 Å². The molecule has 6 nitrogen and oxygen atoms in total. The number of ether oxygens (including phenoxy) is 2. The molecular weight excluding hydrogens is 825 g/mol. The average molecular weight is 907 g/mol. The lowest BCUT2D eigenvalue weighted by Crippen LogP contribution is -2.68. The van der Waals surface area contributed by atoms with E-state index in [-0.39, 0.29) is 29.7 Å². The fourth-order valence-corrected chi connectivity index (χ4v) is 19.3. The van der Waals surface area contributed by atoms with Gasteiger partial charge in [0.2, 0.25) is 0 Å². The molecule has 1 fully saturated rings. The summed E-state index contributed by atoms with van der Waals surface area (Å²) >= 11 is 0. The second-order valence-corrected chi connectivity index (χ2v) is 28.9. The van der Waals surface area contributed by atoms with E-state index in [0.717, 1.165) is 48.9 Å². The molecule has 0 saturated carbocycles. The Balaban J connectivity index is 1.40. The summed E-state index contributed by atoms with van der Waals surface area (Å²) in [5, 5.41) is 28.7. The van der Waals surface area contributed by atoms with Crippen LogP contribution >= 0.6 is 0 Å². The van der Waals surface area contributed by atoms with E-state index in [9.17, 15) is 10.2 Å². The number of rotatable bonds is 27. The van der Waals surface area contributed by atoms with E-state index in [1.54, 1.807) is 0 Å². The highest BCUT2D eigenvalue weighted by Crippen LogP contribution is 2.40. The van der Waals surface area contributed by atoms with Gasteiger partial charge < -0.3 is 28.5 Å². The first kappa shape index (κ1) is 51.8. The normalized spacial score (nSPS) is 16.3. The van der Waals surface area contributed by atoms with Gasteiger partial charge in [0.25, 0.3) is 16.6 Å². The van der Waals surface area contributed by atoms with Crippen molar-refractivity contribution < 1.29 is 28.5 Å². The minimum absolute atomic E-state index is 0.0375. The SMILES string of the molecule is CCCCCCCCCC1(CCCC/C=C/[C@H](CO)[C@@](O)(CCO[Si](c2ccccc2)(c2ccccc2)C(C)(C)C)CO[Si](c2ccccc2)(c2ccccc2)C(C)(C)C)OCCO1. The van der Waals surface area contributed by atoms with Crippen molar-refractivity contribution in [3.63, 3.8) is 0 Å². The van der Waals surface area contributed by atoms with Crippen LogP contribution < -0.4 is 20.7 Å². The molecule has 4 aromatic carbocycles. The molecule has 2 atom stereocenters. The van der Waals surface area contributed by atoms with E-state index in [4.69, 9.17) is 18.3 Å². The fraction of sp³-hybridized carbons (Fsp3) is 0.536. The molecule has 1 aliphatic rings. The number of aliphatic hydroxyl groups is 2. The standard InChI is InChI=1S/C56H82O6Si2/c1-8-9-10-11-12-14-29-40-56(59-44-45-60-56)41-30-15-13-20-31-48(46-57)55(58,47-62-64(54(5,6)7,51-36-25-18-26-37-51)52-38-27-19-28-39-52)42-43-61-63(53(2,3)4,49-32-21-16-22-33-49)50-34-23-17-24-35-50/h16-28,31-39,48,57-58H,8-15,29-30,40-47H2,1-7H3/b31-20+/t48-,55-/m1/s1. The summed E-state index contributed by atoms with van der Waals surface area (Å²) in [4.78, 5) is 0.